The second-order valence-electron chi connectivity index (χ2n) is 25.6. The van der Waals surface area contributed by atoms with E-state index in [-0.39, 0.29) is 35.2 Å². The molecule has 3 amide bonds. The Labute approximate surface area is 584 Å². The molecule has 3 aliphatic rings. The van der Waals surface area contributed by atoms with E-state index < -0.39 is 0 Å². The van der Waals surface area contributed by atoms with Crippen LogP contribution in [0.3, 0.4) is 0 Å². The zero-order valence-electron chi connectivity index (χ0n) is 56.9. The van der Waals surface area contributed by atoms with E-state index in [4.69, 9.17) is 4.74 Å². The highest BCUT2D eigenvalue weighted by atomic mass is 19.1. The van der Waals surface area contributed by atoms with Crippen LogP contribution in [0.2, 0.25) is 0 Å². The van der Waals surface area contributed by atoms with Crippen LogP contribution in [0, 0.1) is 38.2 Å². The summed E-state index contributed by atoms with van der Waals surface area (Å²) in [7, 11) is 0. The molecule has 3 fully saturated rings. The monoisotopic (exact) mass is 1360 g/mol. The highest BCUT2D eigenvalue weighted by molar-refractivity contribution is 5.94. The summed E-state index contributed by atoms with van der Waals surface area (Å²) >= 11 is 0. The Morgan fingerprint density at radius 3 is 1.08 bits per heavy atom. The van der Waals surface area contributed by atoms with Crippen LogP contribution < -0.4 is 16.0 Å². The van der Waals surface area contributed by atoms with Crippen molar-refractivity contribution < 1.29 is 32.3 Å². The number of hydrogen-bond donors (Lipinski definition) is 3. The summed E-state index contributed by atoms with van der Waals surface area (Å²) in [4.78, 5) is 72.5. The minimum Gasteiger partial charge on any atom is -0.379 e. The van der Waals surface area contributed by atoms with Crippen molar-refractivity contribution >= 4 is 34.3 Å². The van der Waals surface area contributed by atoms with Gasteiger partial charge >= 0.3 is 0 Å². The molecule has 3 saturated heterocycles. The molecule has 101 heavy (non-hydrogen) atoms. The van der Waals surface area contributed by atoms with E-state index in [1.807, 2.05) is 100 Å². The normalized spacial score (nSPS) is 14.2. The van der Waals surface area contributed by atoms with E-state index in [1.54, 1.807) is 98.8 Å². The maximum Gasteiger partial charge on any atom is 0.287 e. The highest BCUT2D eigenvalue weighted by Gasteiger charge is 2.22. The molecule has 0 aliphatic carbocycles. The van der Waals surface area contributed by atoms with Crippen molar-refractivity contribution in [2.75, 3.05) is 91.8 Å². The Kier molecular flexibility index (Phi) is 21.8. The number of imidazole rings is 3. The molecule has 0 radical (unpaired) electrons. The van der Waals surface area contributed by atoms with Gasteiger partial charge in [0.25, 0.3) is 17.7 Å². The lowest BCUT2D eigenvalue weighted by Gasteiger charge is -2.26. The van der Waals surface area contributed by atoms with Crippen molar-refractivity contribution in [2.24, 2.45) is 0 Å². The molecular weight excluding hydrogens is 1280 g/mol. The third-order valence-corrected chi connectivity index (χ3v) is 18.7. The van der Waals surface area contributed by atoms with Crippen molar-refractivity contribution in [3.05, 3.63) is 235 Å². The number of carbonyl (C=O) groups excluding carboxylic acids is 3. The molecule has 3 N–H and O–H groups in total. The van der Waals surface area contributed by atoms with Gasteiger partial charge < -0.3 is 30.5 Å². The zero-order valence-corrected chi connectivity index (χ0v) is 56.9. The Morgan fingerprint density at radius 1 is 0.396 bits per heavy atom. The molecule has 12 aromatic rings. The molecule has 3 aromatic carbocycles. The standard InChI is InChI=1S/C27H28FN5O.C26H26FN5O2.C26H26FN5O/c1-19-16-20(8-10-24(19)28)25-23(6-4-11-29-25)21-7-9-22-17-31-26(33(22)18-21)27(34)30-12-5-15-32-13-2-3-14-32;1-18-15-19(5-7-23(18)27)24-22(3-2-8-28-24)20-4-6-21-16-30-25(32(21)17-20)26(33)29-9-10-31-11-13-34-14-12-31;1-18-15-19(7-9-23(18)27)24-22(5-4-10-28-24)20-6-8-21-16-30-25(32(21)17-20)26(33)29-11-14-31-12-2-3-13-31/h4,6-11,16-18H,2-3,5,12-15H2,1H3,(H,30,34);2-8,15-17H,9-14H2,1H3,(H,29,33);4-10,15-17H,2-3,11-14H2,1H3,(H,29,33). The molecule has 0 unspecified atom stereocenters. The first-order valence-corrected chi connectivity index (χ1v) is 34.5. The summed E-state index contributed by atoms with van der Waals surface area (Å²) in [5.74, 6) is -0.254. The number of aryl methyl sites for hydroxylation is 3. The number of amides is 3. The van der Waals surface area contributed by atoms with Gasteiger partial charge in [0.1, 0.15) is 17.5 Å². The predicted molar refractivity (Wildman–Crippen MR) is 386 cm³/mol. The molecule has 0 atom stereocenters. The van der Waals surface area contributed by atoms with Crippen LogP contribution >= 0.6 is 0 Å². The molecule has 22 heteroatoms. The van der Waals surface area contributed by atoms with Gasteiger partial charge in [-0.05, 0) is 193 Å². The quantitative estimate of drug-likeness (QED) is 0.0647. The fourth-order valence-corrected chi connectivity index (χ4v) is 13.2. The van der Waals surface area contributed by atoms with E-state index in [2.05, 4.69) is 60.6 Å². The number of nitrogens with one attached hydrogen (secondary N) is 3. The average molecular weight is 1360 g/mol. The SMILES string of the molecule is Cc1cc(-c2ncccc2-c2ccc3cnc(C(=O)NCCCN4CCCC4)n3c2)ccc1F.Cc1cc(-c2ncccc2-c2ccc3cnc(C(=O)NCCN4CCCC4)n3c2)ccc1F.Cc1cc(-c2ncccc2-c2ccc3cnc(C(=O)NCCN4CCOCC4)n3c2)ccc1F. The Bertz CT molecular complexity index is 4940. The number of pyridine rings is 6. The van der Waals surface area contributed by atoms with E-state index in [0.717, 1.165) is 162 Å². The average Bonchev–Trinajstić information content (AvgIpc) is 1.77. The van der Waals surface area contributed by atoms with E-state index in [0.29, 0.717) is 53.8 Å². The Hall–Kier alpha value is -10.8. The number of nitrogens with zero attached hydrogens (tertiary/aromatic N) is 12. The summed E-state index contributed by atoms with van der Waals surface area (Å²) < 4.78 is 52.2. The predicted octanol–water partition coefficient (Wildman–Crippen LogP) is 12.6. The number of ether oxygens (including phenoxy) is 1. The molecule has 0 bridgehead atoms. The number of halogens is 3. The van der Waals surface area contributed by atoms with Crippen molar-refractivity contribution in [1.29, 1.82) is 0 Å². The first-order valence-electron chi connectivity index (χ1n) is 34.5. The van der Waals surface area contributed by atoms with Crippen LogP contribution in [0.4, 0.5) is 13.2 Å². The van der Waals surface area contributed by atoms with E-state index >= 15 is 0 Å². The summed E-state index contributed by atoms with van der Waals surface area (Å²) in [5.41, 5.74) is 14.4. The second-order valence-corrected chi connectivity index (χ2v) is 25.6. The second kappa shape index (κ2) is 32.0. The maximum atomic E-state index is 13.8. The molecular formula is C79H80F3N15O4. The van der Waals surface area contributed by atoms with E-state index in [9.17, 15) is 27.6 Å². The molecule has 15 rings (SSSR count). The van der Waals surface area contributed by atoms with Gasteiger partial charge in [0.05, 0.1) is 65.4 Å². The van der Waals surface area contributed by atoms with Crippen LogP contribution in [0.25, 0.3) is 83.7 Å². The number of fused-ring (bicyclic) bond motifs is 3. The van der Waals surface area contributed by atoms with Gasteiger partial charge in [0.15, 0.2) is 0 Å². The molecule has 516 valence electrons. The van der Waals surface area contributed by atoms with Crippen molar-refractivity contribution in [3.63, 3.8) is 0 Å². The van der Waals surface area contributed by atoms with Crippen molar-refractivity contribution in [2.45, 2.75) is 52.9 Å². The van der Waals surface area contributed by atoms with Gasteiger partial charge in [0.2, 0.25) is 17.5 Å². The fraction of sp³-hybridized carbons (Fsp3) is 0.278. The first kappa shape index (κ1) is 68.7. The number of carbonyl (C=O) groups is 3. The van der Waals surface area contributed by atoms with Gasteiger partial charge in [-0.3, -0.25) is 47.4 Å². The number of hydrogen-bond acceptors (Lipinski definition) is 13. The lowest BCUT2D eigenvalue weighted by atomic mass is 9.99. The lowest BCUT2D eigenvalue weighted by molar-refractivity contribution is 0.0383. The molecule has 0 saturated carbocycles. The smallest absolute Gasteiger partial charge is 0.287 e. The number of likely N-dealkylation sites (tertiary alicyclic amines) is 2. The van der Waals surface area contributed by atoms with Crippen LogP contribution in [0.1, 0.15) is 80.7 Å². The summed E-state index contributed by atoms with van der Waals surface area (Å²) in [6.45, 7) is 17.4. The van der Waals surface area contributed by atoms with Gasteiger partial charge in [-0.2, -0.15) is 0 Å². The fourth-order valence-electron chi connectivity index (χ4n) is 13.2. The third-order valence-electron chi connectivity index (χ3n) is 18.7. The Morgan fingerprint density at radius 2 is 0.723 bits per heavy atom. The summed E-state index contributed by atoms with van der Waals surface area (Å²) in [6.07, 6.45) is 21.9. The molecule has 19 nitrogen and oxygen atoms in total. The van der Waals surface area contributed by atoms with Crippen LogP contribution in [-0.2, 0) is 4.74 Å². The lowest BCUT2D eigenvalue weighted by Crippen LogP contribution is -2.41. The number of rotatable bonds is 19. The minimum absolute atomic E-state index is 0.181. The molecule has 0 spiro atoms. The number of morpholine rings is 1. The topological polar surface area (TPSA) is 197 Å². The highest BCUT2D eigenvalue weighted by Crippen LogP contribution is 2.35. The van der Waals surface area contributed by atoms with Crippen molar-refractivity contribution in [3.8, 4) is 67.2 Å². The van der Waals surface area contributed by atoms with Gasteiger partial charge in [0, 0.05) is 133 Å². The summed E-state index contributed by atoms with van der Waals surface area (Å²) in [6, 6.07) is 38.3. The summed E-state index contributed by atoms with van der Waals surface area (Å²) in [5, 5.41) is 8.99. The largest absolute Gasteiger partial charge is 0.379 e. The van der Waals surface area contributed by atoms with Crippen LogP contribution in [0.15, 0.2) is 183 Å². The number of aromatic nitrogens is 9. The van der Waals surface area contributed by atoms with Crippen LogP contribution in [-0.4, -0.2) is 167 Å². The van der Waals surface area contributed by atoms with Gasteiger partial charge in [-0.15, -0.1) is 0 Å². The maximum absolute atomic E-state index is 13.8. The van der Waals surface area contributed by atoms with Crippen LogP contribution in [0.5, 0.6) is 0 Å². The Balaban J connectivity index is 0.000000135. The minimum atomic E-state index is -0.245. The van der Waals surface area contributed by atoms with Crippen molar-refractivity contribution in [1.82, 2.24) is 73.8 Å². The molecule has 3 aliphatic heterocycles. The molecule has 12 heterocycles. The zero-order chi connectivity index (χ0) is 69.8. The molecule has 9 aromatic heterocycles. The van der Waals surface area contributed by atoms with Gasteiger partial charge in [-0.25, -0.2) is 28.1 Å². The third kappa shape index (κ3) is 16.3. The van der Waals surface area contributed by atoms with E-state index in [1.165, 1.54) is 43.9 Å². The first-order chi connectivity index (χ1) is 49.3. The number of benzene rings is 3. The van der Waals surface area contributed by atoms with Gasteiger partial charge in [-0.1, -0.05) is 36.4 Å².